The van der Waals surface area contributed by atoms with Gasteiger partial charge in [-0.1, -0.05) is 42.0 Å². The highest BCUT2D eigenvalue weighted by atomic mass is 19.1. The molecule has 2 aliphatic heterocycles. The second kappa shape index (κ2) is 8.20. The number of morpholine rings is 1. The van der Waals surface area contributed by atoms with E-state index in [0.717, 1.165) is 29.9 Å². The summed E-state index contributed by atoms with van der Waals surface area (Å²) in [5.74, 6) is -0.328. The van der Waals surface area contributed by atoms with Crippen LogP contribution in [0.4, 0.5) is 4.39 Å². The zero-order valence-electron chi connectivity index (χ0n) is 16.0. The van der Waals surface area contributed by atoms with Crippen LogP contribution in [0.1, 0.15) is 29.2 Å². The second-order valence-electron chi connectivity index (χ2n) is 7.31. The molecule has 6 heteroatoms. The van der Waals surface area contributed by atoms with Crippen LogP contribution in [-0.2, 0) is 9.53 Å². The number of benzene rings is 2. The highest BCUT2D eigenvalue weighted by Crippen LogP contribution is 2.33. The highest BCUT2D eigenvalue weighted by molar-refractivity contribution is 6.03. The predicted octanol–water partition coefficient (Wildman–Crippen LogP) is 3.14. The van der Waals surface area contributed by atoms with E-state index in [1.54, 1.807) is 17.1 Å². The van der Waals surface area contributed by atoms with Gasteiger partial charge >= 0.3 is 0 Å². The molecule has 0 saturated carbocycles. The Morgan fingerprint density at radius 3 is 2.46 bits per heavy atom. The third-order valence-corrected chi connectivity index (χ3v) is 5.27. The number of carbonyl (C=O) groups is 1. The van der Waals surface area contributed by atoms with E-state index in [0.29, 0.717) is 26.2 Å². The Bertz CT molecular complexity index is 858. The van der Waals surface area contributed by atoms with Crippen molar-refractivity contribution in [2.45, 2.75) is 19.4 Å². The molecule has 2 aromatic carbocycles. The van der Waals surface area contributed by atoms with E-state index < -0.39 is 0 Å². The largest absolute Gasteiger partial charge is 0.379 e. The molecule has 2 aliphatic rings. The molecule has 1 amide bonds. The van der Waals surface area contributed by atoms with Crippen molar-refractivity contribution in [3.05, 3.63) is 71.0 Å². The van der Waals surface area contributed by atoms with E-state index in [1.165, 1.54) is 17.7 Å². The van der Waals surface area contributed by atoms with E-state index in [1.807, 2.05) is 31.2 Å². The van der Waals surface area contributed by atoms with Crippen molar-refractivity contribution in [1.82, 2.24) is 9.91 Å². The van der Waals surface area contributed by atoms with Gasteiger partial charge in [-0.25, -0.2) is 9.40 Å². The van der Waals surface area contributed by atoms with Gasteiger partial charge in [-0.3, -0.25) is 9.69 Å². The van der Waals surface area contributed by atoms with Crippen LogP contribution < -0.4 is 0 Å². The lowest BCUT2D eigenvalue weighted by molar-refractivity contribution is -0.135. The van der Waals surface area contributed by atoms with Crippen LogP contribution in [0.15, 0.2) is 53.6 Å². The molecule has 0 aliphatic carbocycles. The number of aryl methyl sites for hydroxylation is 1. The number of ether oxygens (including phenoxy) is 1. The van der Waals surface area contributed by atoms with Crippen molar-refractivity contribution < 1.29 is 13.9 Å². The molecular formula is C22H24FN3O2. The van der Waals surface area contributed by atoms with Gasteiger partial charge in [0.2, 0.25) is 0 Å². The number of rotatable bonds is 4. The van der Waals surface area contributed by atoms with Crippen molar-refractivity contribution in [3.63, 3.8) is 0 Å². The minimum Gasteiger partial charge on any atom is -0.379 e. The molecule has 0 bridgehead atoms. The summed E-state index contributed by atoms with van der Waals surface area (Å²) >= 11 is 0. The fourth-order valence-corrected chi connectivity index (χ4v) is 3.63. The molecule has 2 heterocycles. The fourth-order valence-electron chi connectivity index (χ4n) is 3.63. The number of carbonyl (C=O) groups excluding carboxylic acids is 1. The number of hydrazone groups is 1. The van der Waals surface area contributed by atoms with Crippen LogP contribution in [0.3, 0.4) is 0 Å². The van der Waals surface area contributed by atoms with Crippen LogP contribution in [0.5, 0.6) is 0 Å². The zero-order valence-corrected chi connectivity index (χ0v) is 16.0. The first kappa shape index (κ1) is 18.8. The molecule has 1 saturated heterocycles. The molecule has 1 atom stereocenters. The van der Waals surface area contributed by atoms with E-state index in [2.05, 4.69) is 10.0 Å². The lowest BCUT2D eigenvalue weighted by Crippen LogP contribution is -2.43. The minimum atomic E-state index is -0.285. The molecule has 1 fully saturated rings. The van der Waals surface area contributed by atoms with Crippen LogP contribution in [0.2, 0.25) is 0 Å². The van der Waals surface area contributed by atoms with E-state index in [4.69, 9.17) is 4.74 Å². The number of hydrogen-bond donors (Lipinski definition) is 0. The predicted molar refractivity (Wildman–Crippen MR) is 106 cm³/mol. The second-order valence-corrected chi connectivity index (χ2v) is 7.31. The SMILES string of the molecule is Cc1ccc(C2=NN(C(=O)CN3CCOCC3)[C@H](c3ccc(F)cc3)C2)cc1. The lowest BCUT2D eigenvalue weighted by atomic mass is 9.98. The van der Waals surface area contributed by atoms with E-state index in [-0.39, 0.29) is 17.8 Å². The van der Waals surface area contributed by atoms with Crippen molar-refractivity contribution in [2.24, 2.45) is 5.10 Å². The summed E-state index contributed by atoms with van der Waals surface area (Å²) in [5, 5.41) is 6.26. The summed E-state index contributed by atoms with van der Waals surface area (Å²) in [7, 11) is 0. The Kier molecular flexibility index (Phi) is 5.50. The average Bonchev–Trinajstić information content (AvgIpc) is 3.15. The molecule has 4 rings (SSSR count). The summed E-state index contributed by atoms with van der Waals surface area (Å²) < 4.78 is 18.8. The van der Waals surface area contributed by atoms with Crippen LogP contribution in [0, 0.1) is 12.7 Å². The maximum absolute atomic E-state index is 13.4. The van der Waals surface area contributed by atoms with Crippen molar-refractivity contribution >= 4 is 11.6 Å². The van der Waals surface area contributed by atoms with Gasteiger partial charge in [-0.2, -0.15) is 5.10 Å². The Morgan fingerprint density at radius 1 is 1.11 bits per heavy atom. The van der Waals surface area contributed by atoms with Gasteiger partial charge in [-0.05, 0) is 30.2 Å². The third-order valence-electron chi connectivity index (χ3n) is 5.27. The Labute approximate surface area is 164 Å². The van der Waals surface area contributed by atoms with E-state index >= 15 is 0 Å². The van der Waals surface area contributed by atoms with Gasteiger partial charge in [0, 0.05) is 19.5 Å². The van der Waals surface area contributed by atoms with Gasteiger partial charge in [0.05, 0.1) is 31.5 Å². The first-order valence-electron chi connectivity index (χ1n) is 9.62. The summed E-state index contributed by atoms with van der Waals surface area (Å²) in [4.78, 5) is 15.1. The molecule has 28 heavy (non-hydrogen) atoms. The smallest absolute Gasteiger partial charge is 0.257 e. The monoisotopic (exact) mass is 381 g/mol. The quantitative estimate of drug-likeness (QED) is 0.817. The molecule has 0 aromatic heterocycles. The van der Waals surface area contributed by atoms with Gasteiger partial charge in [0.15, 0.2) is 0 Å². The summed E-state index contributed by atoms with van der Waals surface area (Å²) in [6, 6.07) is 14.3. The molecule has 0 unspecified atom stereocenters. The van der Waals surface area contributed by atoms with Crippen LogP contribution in [0.25, 0.3) is 0 Å². The Balaban J connectivity index is 1.59. The van der Waals surface area contributed by atoms with Gasteiger partial charge in [-0.15, -0.1) is 0 Å². The van der Waals surface area contributed by atoms with Crippen LogP contribution in [-0.4, -0.2) is 54.4 Å². The van der Waals surface area contributed by atoms with Gasteiger partial charge < -0.3 is 4.74 Å². The normalized spacial score (nSPS) is 20.3. The van der Waals surface area contributed by atoms with Crippen molar-refractivity contribution in [1.29, 1.82) is 0 Å². The lowest BCUT2D eigenvalue weighted by Gasteiger charge is -2.29. The third kappa shape index (κ3) is 4.13. The average molecular weight is 381 g/mol. The molecule has 2 aromatic rings. The summed E-state index contributed by atoms with van der Waals surface area (Å²) in [6.45, 7) is 5.13. The number of halogens is 1. The van der Waals surface area contributed by atoms with Gasteiger partial charge in [0.25, 0.3) is 5.91 Å². The van der Waals surface area contributed by atoms with Crippen molar-refractivity contribution in [3.8, 4) is 0 Å². The highest BCUT2D eigenvalue weighted by Gasteiger charge is 2.33. The fraction of sp³-hybridized carbons (Fsp3) is 0.364. The Morgan fingerprint density at radius 2 is 1.79 bits per heavy atom. The molecule has 0 N–H and O–H groups in total. The zero-order chi connectivity index (χ0) is 19.5. The van der Waals surface area contributed by atoms with Gasteiger partial charge in [0.1, 0.15) is 5.82 Å². The first-order chi connectivity index (χ1) is 13.6. The summed E-state index contributed by atoms with van der Waals surface area (Å²) in [6.07, 6.45) is 0.615. The molecular weight excluding hydrogens is 357 g/mol. The molecule has 146 valence electrons. The topological polar surface area (TPSA) is 45.1 Å². The molecule has 0 radical (unpaired) electrons. The first-order valence-corrected chi connectivity index (χ1v) is 9.62. The number of nitrogens with zero attached hydrogens (tertiary/aromatic N) is 3. The maximum atomic E-state index is 13.4. The maximum Gasteiger partial charge on any atom is 0.257 e. The van der Waals surface area contributed by atoms with Crippen LogP contribution >= 0.6 is 0 Å². The number of amides is 1. The van der Waals surface area contributed by atoms with E-state index in [9.17, 15) is 9.18 Å². The minimum absolute atomic E-state index is 0.0432. The Hall–Kier alpha value is -2.57. The summed E-state index contributed by atoms with van der Waals surface area (Å²) in [5.41, 5.74) is 3.96. The molecule has 0 spiro atoms. The number of hydrogen-bond acceptors (Lipinski definition) is 4. The van der Waals surface area contributed by atoms with Crippen molar-refractivity contribution in [2.75, 3.05) is 32.8 Å². The standard InChI is InChI=1S/C22H24FN3O2/c1-16-2-4-17(5-3-16)20-14-21(18-6-8-19(23)9-7-18)26(24-20)22(27)15-25-10-12-28-13-11-25/h2-9,21H,10-15H2,1H3/t21-/m0/s1. The molecule has 5 nitrogen and oxygen atoms in total.